The number of aromatic hydroxyl groups is 1. The third kappa shape index (κ3) is 1.99. The Morgan fingerprint density at radius 1 is 1.20 bits per heavy atom. The summed E-state index contributed by atoms with van der Waals surface area (Å²) >= 11 is 0. The third-order valence-electron chi connectivity index (χ3n) is 2.22. The van der Waals surface area contributed by atoms with Crippen molar-refractivity contribution < 1.29 is 5.11 Å². The molecule has 4 heteroatoms. The molecule has 4 nitrogen and oxygen atoms in total. The van der Waals surface area contributed by atoms with E-state index in [2.05, 4.69) is 5.10 Å². The number of nitrogens with zero attached hydrogens (tertiary/aromatic N) is 2. The molecule has 3 N–H and O–H groups in total. The minimum Gasteiger partial charge on any atom is -0.508 e. The molecular formula is C11H13N3O. The van der Waals surface area contributed by atoms with E-state index >= 15 is 0 Å². The van der Waals surface area contributed by atoms with E-state index < -0.39 is 0 Å². The topological polar surface area (TPSA) is 64.1 Å². The summed E-state index contributed by atoms with van der Waals surface area (Å²) in [6.07, 6.45) is 2.54. The molecule has 0 spiro atoms. The van der Waals surface area contributed by atoms with Gasteiger partial charge in [0.1, 0.15) is 5.75 Å². The molecule has 0 aliphatic rings. The lowest BCUT2D eigenvalue weighted by molar-refractivity contribution is 0.475. The first-order chi connectivity index (χ1) is 7.31. The number of hydrogen-bond acceptors (Lipinski definition) is 3. The van der Waals surface area contributed by atoms with Crippen molar-refractivity contribution in [3.63, 3.8) is 0 Å². The van der Waals surface area contributed by atoms with Crippen LogP contribution in [0.2, 0.25) is 0 Å². The number of phenols is 1. The van der Waals surface area contributed by atoms with Gasteiger partial charge in [-0.25, -0.2) is 4.68 Å². The highest BCUT2D eigenvalue weighted by molar-refractivity contribution is 5.37. The highest BCUT2D eigenvalue weighted by Crippen LogP contribution is 2.14. The number of aromatic nitrogens is 2. The van der Waals surface area contributed by atoms with Crippen molar-refractivity contribution >= 4 is 0 Å². The molecule has 2 aromatic rings. The Bertz CT molecular complexity index is 433. The molecule has 0 unspecified atom stereocenters. The molecule has 78 valence electrons. The molecule has 0 aliphatic heterocycles. The van der Waals surface area contributed by atoms with Gasteiger partial charge in [0.15, 0.2) is 0 Å². The molecule has 0 fully saturated rings. The van der Waals surface area contributed by atoms with Gasteiger partial charge in [-0.15, -0.1) is 0 Å². The van der Waals surface area contributed by atoms with Crippen molar-refractivity contribution in [3.8, 4) is 11.4 Å². The Morgan fingerprint density at radius 2 is 1.93 bits per heavy atom. The molecule has 1 heterocycles. The quantitative estimate of drug-likeness (QED) is 0.784. The van der Waals surface area contributed by atoms with E-state index in [1.165, 1.54) is 0 Å². The Hall–Kier alpha value is -1.81. The average Bonchev–Trinajstić information content (AvgIpc) is 2.68. The van der Waals surface area contributed by atoms with Gasteiger partial charge < -0.3 is 10.8 Å². The summed E-state index contributed by atoms with van der Waals surface area (Å²) in [4.78, 5) is 0. The van der Waals surface area contributed by atoms with E-state index in [4.69, 9.17) is 5.73 Å². The van der Waals surface area contributed by atoms with Crippen LogP contribution in [0.15, 0.2) is 36.5 Å². The van der Waals surface area contributed by atoms with Gasteiger partial charge in [-0.2, -0.15) is 5.10 Å². The van der Waals surface area contributed by atoms with Crippen molar-refractivity contribution in [3.05, 3.63) is 42.2 Å². The van der Waals surface area contributed by atoms with Crippen LogP contribution < -0.4 is 5.73 Å². The van der Waals surface area contributed by atoms with E-state index in [-0.39, 0.29) is 5.75 Å². The molecular weight excluding hydrogens is 190 g/mol. The molecule has 0 amide bonds. The Kier molecular flexibility index (Phi) is 2.69. The average molecular weight is 203 g/mol. The lowest BCUT2D eigenvalue weighted by Gasteiger charge is -2.06. The molecule has 0 aliphatic carbocycles. The van der Waals surface area contributed by atoms with Crippen LogP contribution in [0.1, 0.15) is 5.69 Å². The number of benzene rings is 1. The number of hydrogen-bond donors (Lipinski definition) is 2. The van der Waals surface area contributed by atoms with E-state index in [1.807, 2.05) is 22.9 Å². The molecule has 0 saturated carbocycles. The molecule has 0 saturated heterocycles. The van der Waals surface area contributed by atoms with E-state index in [1.54, 1.807) is 18.3 Å². The molecule has 0 atom stereocenters. The first-order valence-corrected chi connectivity index (χ1v) is 4.83. The molecule has 15 heavy (non-hydrogen) atoms. The van der Waals surface area contributed by atoms with Crippen LogP contribution in [-0.4, -0.2) is 21.4 Å². The predicted molar refractivity (Wildman–Crippen MR) is 58.0 cm³/mol. The van der Waals surface area contributed by atoms with Crippen LogP contribution in [0, 0.1) is 0 Å². The minimum atomic E-state index is 0.256. The second-order valence-electron chi connectivity index (χ2n) is 3.29. The highest BCUT2D eigenvalue weighted by Gasteiger charge is 2.03. The monoisotopic (exact) mass is 203 g/mol. The summed E-state index contributed by atoms with van der Waals surface area (Å²) in [5.41, 5.74) is 7.51. The summed E-state index contributed by atoms with van der Waals surface area (Å²) in [7, 11) is 0. The summed E-state index contributed by atoms with van der Waals surface area (Å²) in [6, 6.07) is 8.87. The molecule has 1 aromatic carbocycles. The van der Waals surface area contributed by atoms with Gasteiger partial charge in [-0.1, -0.05) is 0 Å². The highest BCUT2D eigenvalue weighted by atomic mass is 16.3. The maximum Gasteiger partial charge on any atom is 0.115 e. The number of phenolic OH excluding ortho intramolecular Hbond substituents is 1. The molecule has 0 bridgehead atoms. The Balaban J connectivity index is 2.36. The van der Waals surface area contributed by atoms with Crippen LogP contribution in [0.3, 0.4) is 0 Å². The van der Waals surface area contributed by atoms with Crippen LogP contribution >= 0.6 is 0 Å². The van der Waals surface area contributed by atoms with Crippen LogP contribution in [0.5, 0.6) is 5.75 Å². The van der Waals surface area contributed by atoms with Crippen molar-refractivity contribution in [2.24, 2.45) is 5.73 Å². The smallest absolute Gasteiger partial charge is 0.115 e. The fraction of sp³-hybridized carbons (Fsp3) is 0.182. The second-order valence-corrected chi connectivity index (χ2v) is 3.29. The number of nitrogens with two attached hydrogens (primary N) is 1. The maximum atomic E-state index is 9.18. The molecule has 1 aromatic heterocycles. The van der Waals surface area contributed by atoms with Crippen LogP contribution in [0.4, 0.5) is 0 Å². The van der Waals surface area contributed by atoms with Crippen molar-refractivity contribution in [2.45, 2.75) is 6.42 Å². The fourth-order valence-electron chi connectivity index (χ4n) is 1.49. The van der Waals surface area contributed by atoms with Crippen LogP contribution in [0.25, 0.3) is 5.69 Å². The van der Waals surface area contributed by atoms with Gasteiger partial charge >= 0.3 is 0 Å². The summed E-state index contributed by atoms with van der Waals surface area (Å²) in [5.74, 6) is 0.256. The van der Waals surface area contributed by atoms with Gasteiger partial charge in [0.2, 0.25) is 0 Å². The lowest BCUT2D eigenvalue weighted by Crippen LogP contribution is -2.08. The summed E-state index contributed by atoms with van der Waals surface area (Å²) in [5, 5.41) is 13.4. The maximum absolute atomic E-state index is 9.18. The van der Waals surface area contributed by atoms with Gasteiger partial charge in [-0.3, -0.25) is 0 Å². The van der Waals surface area contributed by atoms with Crippen molar-refractivity contribution in [2.75, 3.05) is 6.54 Å². The number of rotatable bonds is 3. The first kappa shape index (κ1) is 9.73. The molecule has 2 rings (SSSR count). The van der Waals surface area contributed by atoms with Gasteiger partial charge in [-0.05, 0) is 36.9 Å². The lowest BCUT2D eigenvalue weighted by atomic mass is 10.2. The zero-order valence-electron chi connectivity index (χ0n) is 8.30. The first-order valence-electron chi connectivity index (χ1n) is 4.83. The normalized spacial score (nSPS) is 10.5. The van der Waals surface area contributed by atoms with Crippen molar-refractivity contribution in [1.82, 2.24) is 9.78 Å². The Morgan fingerprint density at radius 3 is 2.60 bits per heavy atom. The van der Waals surface area contributed by atoms with Crippen molar-refractivity contribution in [1.29, 1.82) is 0 Å². The van der Waals surface area contributed by atoms with Gasteiger partial charge in [0, 0.05) is 18.3 Å². The predicted octanol–water partition coefficient (Wildman–Crippen LogP) is 1.08. The minimum absolute atomic E-state index is 0.256. The largest absolute Gasteiger partial charge is 0.508 e. The zero-order valence-corrected chi connectivity index (χ0v) is 8.30. The SMILES string of the molecule is NCCc1ccnn1-c1ccc(O)cc1. The van der Waals surface area contributed by atoms with E-state index in [0.717, 1.165) is 17.8 Å². The van der Waals surface area contributed by atoms with E-state index in [9.17, 15) is 5.11 Å². The standard InChI is InChI=1S/C11H13N3O/c12-7-5-10-6-8-13-14(10)9-1-3-11(15)4-2-9/h1-4,6,8,15H,5,7,12H2. The second kappa shape index (κ2) is 4.14. The van der Waals surface area contributed by atoms with Gasteiger partial charge in [0.05, 0.1) is 5.69 Å². The zero-order chi connectivity index (χ0) is 10.7. The summed E-state index contributed by atoms with van der Waals surface area (Å²) in [6.45, 7) is 0.601. The fourth-order valence-corrected chi connectivity index (χ4v) is 1.49. The molecule has 0 radical (unpaired) electrons. The third-order valence-corrected chi connectivity index (χ3v) is 2.22. The summed E-state index contributed by atoms with van der Waals surface area (Å²) < 4.78 is 1.83. The van der Waals surface area contributed by atoms with E-state index in [0.29, 0.717) is 6.54 Å². The van der Waals surface area contributed by atoms with Gasteiger partial charge in [0.25, 0.3) is 0 Å². The van der Waals surface area contributed by atoms with Crippen LogP contribution in [-0.2, 0) is 6.42 Å². The Labute approximate surface area is 88.0 Å².